The molecule has 2 N–H and O–H groups in total. The molecular formula is C13H19N3O. The molecule has 0 radical (unpaired) electrons. The summed E-state index contributed by atoms with van der Waals surface area (Å²) in [5.74, 6) is 2.50. The highest BCUT2D eigenvalue weighted by atomic mass is 16.1. The maximum Gasteiger partial charge on any atom is 0.269 e. The molecule has 0 aromatic carbocycles. The summed E-state index contributed by atoms with van der Waals surface area (Å²) in [6, 6.07) is 0. The van der Waals surface area contributed by atoms with Crippen LogP contribution in [-0.4, -0.2) is 22.4 Å². The van der Waals surface area contributed by atoms with Gasteiger partial charge in [-0.25, -0.2) is 4.98 Å². The van der Waals surface area contributed by atoms with E-state index in [9.17, 15) is 4.79 Å². The van der Waals surface area contributed by atoms with Crippen molar-refractivity contribution in [2.75, 3.05) is 6.54 Å². The number of rotatable bonds is 3. The predicted octanol–water partition coefficient (Wildman–Crippen LogP) is 1.97. The Morgan fingerprint density at radius 1 is 1.41 bits per heavy atom. The van der Waals surface area contributed by atoms with E-state index in [1.165, 1.54) is 38.4 Å². The van der Waals surface area contributed by atoms with Crippen LogP contribution < -0.4 is 5.32 Å². The van der Waals surface area contributed by atoms with E-state index in [0.717, 1.165) is 18.4 Å². The van der Waals surface area contributed by atoms with Gasteiger partial charge in [-0.3, -0.25) is 4.79 Å². The third kappa shape index (κ3) is 2.08. The third-order valence-electron chi connectivity index (χ3n) is 4.50. The Kier molecular flexibility index (Phi) is 2.87. The second-order valence-corrected chi connectivity index (χ2v) is 5.37. The lowest BCUT2D eigenvalue weighted by Crippen LogP contribution is -2.31. The van der Waals surface area contributed by atoms with Crippen LogP contribution in [0.4, 0.5) is 0 Å². The molecule has 1 aromatic rings. The first-order chi connectivity index (χ1) is 8.34. The van der Waals surface area contributed by atoms with Gasteiger partial charge in [0.1, 0.15) is 5.69 Å². The normalized spacial score (nSPS) is 31.4. The highest BCUT2D eigenvalue weighted by Crippen LogP contribution is 2.47. The Morgan fingerprint density at radius 3 is 3.18 bits per heavy atom. The Morgan fingerprint density at radius 2 is 2.35 bits per heavy atom. The van der Waals surface area contributed by atoms with Gasteiger partial charge in [0.05, 0.1) is 12.5 Å². The molecular weight excluding hydrogens is 214 g/mol. The van der Waals surface area contributed by atoms with Crippen LogP contribution in [-0.2, 0) is 0 Å². The molecule has 2 aliphatic rings. The number of carbonyl (C=O) groups is 1. The summed E-state index contributed by atoms with van der Waals surface area (Å²) in [6.07, 6.45) is 9.94. The van der Waals surface area contributed by atoms with Gasteiger partial charge in [0.15, 0.2) is 0 Å². The van der Waals surface area contributed by atoms with E-state index < -0.39 is 0 Å². The fraction of sp³-hybridized carbons (Fsp3) is 0.692. The van der Waals surface area contributed by atoms with Gasteiger partial charge < -0.3 is 10.3 Å². The smallest absolute Gasteiger partial charge is 0.269 e. The molecule has 92 valence electrons. The van der Waals surface area contributed by atoms with Gasteiger partial charge in [0.25, 0.3) is 5.91 Å². The number of nitrogens with one attached hydrogen (secondary N) is 2. The van der Waals surface area contributed by atoms with Gasteiger partial charge in [-0.05, 0) is 37.0 Å². The summed E-state index contributed by atoms with van der Waals surface area (Å²) in [5.41, 5.74) is 0.561. The van der Waals surface area contributed by atoms with Gasteiger partial charge in [-0.1, -0.05) is 12.8 Å². The number of aromatic amines is 1. The number of aromatic nitrogens is 2. The summed E-state index contributed by atoms with van der Waals surface area (Å²) >= 11 is 0. The van der Waals surface area contributed by atoms with Crippen molar-refractivity contribution >= 4 is 5.91 Å². The Hall–Kier alpha value is -1.32. The number of carbonyl (C=O) groups excluding carboxylic acids is 1. The van der Waals surface area contributed by atoms with E-state index in [1.807, 2.05) is 0 Å². The molecule has 0 spiro atoms. The molecule has 0 bridgehead atoms. The monoisotopic (exact) mass is 233 g/mol. The molecule has 17 heavy (non-hydrogen) atoms. The standard InChI is InChI=1S/C13H19N3O/c17-13(12-7-14-8-16-12)15-6-10-5-4-9-2-1-3-11(9)10/h7-11H,1-6H2,(H,14,16)(H,15,17)/t9-,10+,11-/m0/s1. The van der Waals surface area contributed by atoms with Crippen LogP contribution in [0.5, 0.6) is 0 Å². The Balaban J connectivity index is 1.53. The predicted molar refractivity (Wildman–Crippen MR) is 64.5 cm³/mol. The van der Waals surface area contributed by atoms with Gasteiger partial charge in [0.2, 0.25) is 0 Å². The molecule has 2 aliphatic carbocycles. The van der Waals surface area contributed by atoms with Crippen molar-refractivity contribution in [3.63, 3.8) is 0 Å². The van der Waals surface area contributed by atoms with E-state index in [-0.39, 0.29) is 5.91 Å². The largest absolute Gasteiger partial charge is 0.350 e. The fourth-order valence-corrected chi connectivity index (χ4v) is 3.64. The van der Waals surface area contributed by atoms with E-state index >= 15 is 0 Å². The third-order valence-corrected chi connectivity index (χ3v) is 4.50. The first-order valence-corrected chi connectivity index (χ1v) is 6.61. The van der Waals surface area contributed by atoms with Crippen molar-refractivity contribution in [3.8, 4) is 0 Å². The molecule has 1 amide bonds. The SMILES string of the molecule is O=C(NC[C@H]1CC[C@@H]2CCC[C@@H]21)c1cnc[nH]1. The van der Waals surface area contributed by atoms with Crippen LogP contribution in [0.1, 0.15) is 42.6 Å². The first-order valence-electron chi connectivity index (χ1n) is 6.61. The molecule has 1 aromatic heterocycles. The summed E-state index contributed by atoms with van der Waals surface area (Å²) in [7, 11) is 0. The van der Waals surface area contributed by atoms with Crippen molar-refractivity contribution < 1.29 is 4.79 Å². The number of amides is 1. The summed E-state index contributed by atoms with van der Waals surface area (Å²) in [4.78, 5) is 18.5. The second kappa shape index (κ2) is 4.51. The molecule has 0 aliphatic heterocycles. The highest BCUT2D eigenvalue weighted by Gasteiger charge is 2.38. The fourth-order valence-electron chi connectivity index (χ4n) is 3.64. The van der Waals surface area contributed by atoms with Gasteiger partial charge >= 0.3 is 0 Å². The molecule has 3 atom stereocenters. The minimum absolute atomic E-state index is 0.0241. The van der Waals surface area contributed by atoms with Crippen LogP contribution in [0.2, 0.25) is 0 Å². The molecule has 1 heterocycles. The van der Waals surface area contributed by atoms with E-state index in [4.69, 9.17) is 0 Å². The zero-order valence-electron chi connectivity index (χ0n) is 9.98. The van der Waals surface area contributed by atoms with E-state index in [2.05, 4.69) is 15.3 Å². The summed E-state index contributed by atoms with van der Waals surface area (Å²) in [5, 5.41) is 3.03. The Labute approximate surface area is 101 Å². The van der Waals surface area contributed by atoms with Crippen molar-refractivity contribution in [1.29, 1.82) is 0 Å². The zero-order valence-corrected chi connectivity index (χ0v) is 9.98. The number of hydrogen-bond acceptors (Lipinski definition) is 2. The lowest BCUT2D eigenvalue weighted by atomic mass is 9.92. The lowest BCUT2D eigenvalue weighted by molar-refractivity contribution is 0.0938. The lowest BCUT2D eigenvalue weighted by Gasteiger charge is -2.18. The number of fused-ring (bicyclic) bond motifs is 1. The molecule has 0 saturated heterocycles. The minimum atomic E-state index is -0.0241. The number of hydrogen-bond donors (Lipinski definition) is 2. The molecule has 0 unspecified atom stereocenters. The first kappa shape index (κ1) is 10.8. The number of nitrogens with zero attached hydrogens (tertiary/aromatic N) is 1. The molecule has 4 heteroatoms. The summed E-state index contributed by atoms with van der Waals surface area (Å²) in [6.45, 7) is 0.832. The van der Waals surface area contributed by atoms with Crippen LogP contribution >= 0.6 is 0 Å². The van der Waals surface area contributed by atoms with E-state index in [0.29, 0.717) is 11.6 Å². The highest BCUT2D eigenvalue weighted by molar-refractivity contribution is 5.91. The van der Waals surface area contributed by atoms with Crippen LogP contribution in [0.25, 0.3) is 0 Å². The van der Waals surface area contributed by atoms with Crippen molar-refractivity contribution in [2.45, 2.75) is 32.1 Å². The van der Waals surface area contributed by atoms with Crippen LogP contribution in [0.15, 0.2) is 12.5 Å². The maximum atomic E-state index is 11.8. The molecule has 4 nitrogen and oxygen atoms in total. The maximum absolute atomic E-state index is 11.8. The van der Waals surface area contributed by atoms with Gasteiger partial charge in [-0.15, -0.1) is 0 Å². The second-order valence-electron chi connectivity index (χ2n) is 5.37. The summed E-state index contributed by atoms with van der Waals surface area (Å²) < 4.78 is 0. The van der Waals surface area contributed by atoms with Crippen molar-refractivity contribution in [1.82, 2.24) is 15.3 Å². The molecule has 2 saturated carbocycles. The quantitative estimate of drug-likeness (QED) is 0.838. The Bertz CT molecular complexity index is 387. The van der Waals surface area contributed by atoms with Crippen molar-refractivity contribution in [2.24, 2.45) is 17.8 Å². The van der Waals surface area contributed by atoms with Crippen molar-refractivity contribution in [3.05, 3.63) is 18.2 Å². The topological polar surface area (TPSA) is 57.8 Å². The molecule has 2 fully saturated rings. The van der Waals surface area contributed by atoms with Gasteiger partial charge in [-0.2, -0.15) is 0 Å². The zero-order chi connectivity index (χ0) is 11.7. The minimum Gasteiger partial charge on any atom is -0.350 e. The van der Waals surface area contributed by atoms with E-state index in [1.54, 1.807) is 6.20 Å². The van der Waals surface area contributed by atoms with Crippen LogP contribution in [0.3, 0.4) is 0 Å². The average Bonchev–Trinajstić information content (AvgIpc) is 3.03. The van der Waals surface area contributed by atoms with Gasteiger partial charge in [0, 0.05) is 6.54 Å². The average molecular weight is 233 g/mol. The molecule has 3 rings (SSSR count). The number of imidazole rings is 1. The number of H-pyrrole nitrogens is 1. The van der Waals surface area contributed by atoms with Crippen LogP contribution in [0, 0.1) is 17.8 Å².